The van der Waals surface area contributed by atoms with Crippen LogP contribution in [0.15, 0.2) is 24.3 Å². The first-order valence-corrected chi connectivity index (χ1v) is 4.45. The van der Waals surface area contributed by atoms with Crippen LogP contribution in [-0.4, -0.2) is 18.8 Å². The first kappa shape index (κ1) is 10.9. The number of carbonyl (C=O) groups excluding carboxylic acids is 1. The van der Waals surface area contributed by atoms with Gasteiger partial charge in [-0.05, 0) is 6.07 Å². The number of esters is 1. The van der Waals surface area contributed by atoms with E-state index < -0.39 is 25.0 Å². The molecule has 1 heterocycles. The molecule has 0 aliphatic carbocycles. The molecule has 0 radical (unpaired) electrons. The second kappa shape index (κ2) is 3.79. The van der Waals surface area contributed by atoms with Crippen LogP contribution in [-0.2, 0) is 9.47 Å². The molecule has 1 aliphatic heterocycles. The molecule has 6 heteroatoms. The molecule has 1 atom stereocenters. The summed E-state index contributed by atoms with van der Waals surface area (Å²) in [5, 5.41) is 0. The van der Waals surface area contributed by atoms with Gasteiger partial charge < -0.3 is 9.47 Å². The average Bonchev–Trinajstić information content (AvgIpc) is 2.53. The molecular weight excluding hydrogens is 225 g/mol. The van der Waals surface area contributed by atoms with Crippen molar-refractivity contribution < 1.29 is 27.4 Å². The number of halogens is 3. The third-order valence-corrected chi connectivity index (χ3v) is 2.05. The molecule has 1 aliphatic rings. The van der Waals surface area contributed by atoms with Gasteiger partial charge in [-0.3, -0.25) is 0 Å². The molecule has 0 aromatic heterocycles. The van der Waals surface area contributed by atoms with E-state index in [-0.39, 0.29) is 5.56 Å². The van der Waals surface area contributed by atoms with Gasteiger partial charge in [-0.15, -0.1) is 0 Å². The van der Waals surface area contributed by atoms with Crippen LogP contribution in [0.1, 0.15) is 22.2 Å². The summed E-state index contributed by atoms with van der Waals surface area (Å²) in [6.07, 6.45) is -5.70. The third-order valence-electron chi connectivity index (χ3n) is 2.05. The van der Waals surface area contributed by atoms with E-state index in [1.807, 2.05) is 0 Å². The van der Waals surface area contributed by atoms with Gasteiger partial charge in [0.2, 0.25) is 6.29 Å². The predicted octanol–water partition coefficient (Wildman–Crippen LogP) is 2.43. The lowest BCUT2D eigenvalue weighted by atomic mass is 10.1. The molecule has 0 bridgehead atoms. The van der Waals surface area contributed by atoms with E-state index in [1.165, 1.54) is 12.1 Å². The second-order valence-electron chi connectivity index (χ2n) is 3.25. The van der Waals surface area contributed by atoms with E-state index in [0.29, 0.717) is 5.56 Å². The maximum Gasteiger partial charge on any atom is 0.411 e. The van der Waals surface area contributed by atoms with Crippen molar-refractivity contribution in [3.05, 3.63) is 35.4 Å². The van der Waals surface area contributed by atoms with Crippen LogP contribution in [0.2, 0.25) is 0 Å². The normalized spacial score (nSPS) is 19.4. The zero-order valence-corrected chi connectivity index (χ0v) is 7.95. The largest absolute Gasteiger partial charge is 0.428 e. The Labute approximate surface area is 88.8 Å². The van der Waals surface area contributed by atoms with Gasteiger partial charge in [0, 0.05) is 5.56 Å². The van der Waals surface area contributed by atoms with Gasteiger partial charge in [0.15, 0.2) is 0 Å². The van der Waals surface area contributed by atoms with Gasteiger partial charge >= 0.3 is 12.1 Å². The van der Waals surface area contributed by atoms with E-state index in [2.05, 4.69) is 9.47 Å². The molecule has 0 saturated carbocycles. The quantitative estimate of drug-likeness (QED) is 0.734. The van der Waals surface area contributed by atoms with Gasteiger partial charge in [-0.25, -0.2) is 4.79 Å². The molecule has 0 spiro atoms. The topological polar surface area (TPSA) is 35.5 Å². The smallest absolute Gasteiger partial charge is 0.411 e. The molecule has 0 N–H and O–H groups in total. The minimum Gasteiger partial charge on any atom is -0.428 e. The highest BCUT2D eigenvalue weighted by atomic mass is 19.4. The maximum atomic E-state index is 11.9. The predicted molar refractivity (Wildman–Crippen MR) is 46.6 cm³/mol. The molecule has 3 nitrogen and oxygen atoms in total. The maximum absolute atomic E-state index is 11.9. The van der Waals surface area contributed by atoms with Crippen LogP contribution in [0.25, 0.3) is 0 Å². The lowest BCUT2D eigenvalue weighted by Crippen LogP contribution is -2.19. The highest BCUT2D eigenvalue weighted by Crippen LogP contribution is 2.32. The fourth-order valence-corrected chi connectivity index (χ4v) is 1.41. The number of hydrogen-bond donors (Lipinski definition) is 0. The summed E-state index contributed by atoms with van der Waals surface area (Å²) >= 11 is 0. The van der Waals surface area contributed by atoms with Crippen molar-refractivity contribution in [1.29, 1.82) is 0 Å². The zero-order chi connectivity index (χ0) is 11.8. The fraction of sp³-hybridized carbons (Fsp3) is 0.300. The number of benzene rings is 1. The van der Waals surface area contributed by atoms with Crippen LogP contribution in [0, 0.1) is 0 Å². The lowest BCUT2D eigenvalue weighted by Gasteiger charge is -2.13. The summed E-state index contributed by atoms with van der Waals surface area (Å²) in [4.78, 5) is 11.2. The van der Waals surface area contributed by atoms with Crippen molar-refractivity contribution in [2.75, 3.05) is 6.61 Å². The highest BCUT2D eigenvalue weighted by Gasteiger charge is 2.35. The average molecular weight is 232 g/mol. The molecule has 16 heavy (non-hydrogen) atoms. The summed E-state index contributed by atoms with van der Waals surface area (Å²) in [7, 11) is 0. The van der Waals surface area contributed by atoms with E-state index in [1.54, 1.807) is 12.1 Å². The lowest BCUT2D eigenvalue weighted by molar-refractivity contribution is -0.216. The van der Waals surface area contributed by atoms with Crippen molar-refractivity contribution in [2.45, 2.75) is 12.5 Å². The zero-order valence-electron chi connectivity index (χ0n) is 7.95. The van der Waals surface area contributed by atoms with Gasteiger partial charge in [-0.1, -0.05) is 18.2 Å². The van der Waals surface area contributed by atoms with Crippen LogP contribution in [0.5, 0.6) is 0 Å². The molecule has 1 aromatic carbocycles. The Morgan fingerprint density at radius 2 is 2.00 bits per heavy atom. The number of ether oxygens (including phenoxy) is 2. The first-order chi connectivity index (χ1) is 7.47. The van der Waals surface area contributed by atoms with E-state index in [9.17, 15) is 18.0 Å². The molecular formula is C10H7F3O3. The summed E-state index contributed by atoms with van der Waals surface area (Å²) < 4.78 is 44.9. The molecule has 2 rings (SSSR count). The van der Waals surface area contributed by atoms with Crippen LogP contribution in [0.4, 0.5) is 13.2 Å². The minimum absolute atomic E-state index is 0.245. The summed E-state index contributed by atoms with van der Waals surface area (Å²) in [5.41, 5.74) is 0.575. The molecule has 1 aromatic rings. The van der Waals surface area contributed by atoms with E-state index >= 15 is 0 Å². The monoisotopic (exact) mass is 232 g/mol. The number of carbonyl (C=O) groups is 1. The van der Waals surface area contributed by atoms with Crippen molar-refractivity contribution in [3.63, 3.8) is 0 Å². The summed E-state index contributed by atoms with van der Waals surface area (Å²) in [5.74, 6) is -0.664. The number of rotatable bonds is 2. The third kappa shape index (κ3) is 2.16. The molecule has 0 amide bonds. The Morgan fingerprint density at radius 1 is 1.31 bits per heavy atom. The van der Waals surface area contributed by atoms with Crippen molar-refractivity contribution in [3.8, 4) is 0 Å². The van der Waals surface area contributed by atoms with Gasteiger partial charge in [0.1, 0.15) is 6.61 Å². The van der Waals surface area contributed by atoms with Crippen molar-refractivity contribution >= 4 is 5.97 Å². The molecule has 1 unspecified atom stereocenters. The van der Waals surface area contributed by atoms with Crippen LogP contribution >= 0.6 is 0 Å². The number of cyclic esters (lactones) is 1. The van der Waals surface area contributed by atoms with E-state index in [4.69, 9.17) is 0 Å². The van der Waals surface area contributed by atoms with Gasteiger partial charge in [0.25, 0.3) is 0 Å². The summed E-state index contributed by atoms with van der Waals surface area (Å²) in [6, 6.07) is 6.19. The Bertz CT molecular complexity index is 414. The molecule has 0 fully saturated rings. The standard InChI is InChI=1S/C10H7F3O3/c11-10(12,13)5-15-9-7-4-2-1-3-6(7)8(14)16-9/h1-4,9H,5H2. The second-order valence-corrected chi connectivity index (χ2v) is 3.25. The SMILES string of the molecule is O=C1OC(OCC(F)(F)F)c2ccccc21. The number of alkyl halides is 3. The minimum atomic E-state index is -4.44. The number of fused-ring (bicyclic) bond motifs is 1. The Kier molecular flexibility index (Phi) is 2.59. The van der Waals surface area contributed by atoms with E-state index in [0.717, 1.165) is 0 Å². The first-order valence-electron chi connectivity index (χ1n) is 4.45. The van der Waals surface area contributed by atoms with Gasteiger partial charge in [-0.2, -0.15) is 13.2 Å². The highest BCUT2D eigenvalue weighted by molar-refractivity contribution is 5.93. The molecule has 0 saturated heterocycles. The van der Waals surface area contributed by atoms with Crippen LogP contribution in [0.3, 0.4) is 0 Å². The fourth-order valence-electron chi connectivity index (χ4n) is 1.41. The Morgan fingerprint density at radius 3 is 2.69 bits per heavy atom. The van der Waals surface area contributed by atoms with Gasteiger partial charge in [0.05, 0.1) is 5.56 Å². The summed E-state index contributed by atoms with van der Waals surface area (Å²) in [6.45, 7) is -1.45. The van der Waals surface area contributed by atoms with Crippen molar-refractivity contribution in [2.24, 2.45) is 0 Å². The Balaban J connectivity index is 2.12. The number of hydrogen-bond acceptors (Lipinski definition) is 3. The van der Waals surface area contributed by atoms with Crippen molar-refractivity contribution in [1.82, 2.24) is 0 Å². The Hall–Kier alpha value is -1.56. The molecule has 86 valence electrons. The van der Waals surface area contributed by atoms with Crippen LogP contribution < -0.4 is 0 Å².